The number of hydrogen-bond donors (Lipinski definition) is 1. The third-order valence-corrected chi connectivity index (χ3v) is 4.45. The minimum Gasteiger partial charge on any atom is -0.366 e. The number of aromatic amines is 1. The lowest BCUT2D eigenvalue weighted by molar-refractivity contribution is 0.00864. The molecule has 1 aromatic heterocycles. The summed E-state index contributed by atoms with van der Waals surface area (Å²) in [6.07, 6.45) is -1.50. The Morgan fingerprint density at radius 2 is 2.00 bits per heavy atom. The van der Waals surface area contributed by atoms with Crippen molar-refractivity contribution in [2.75, 3.05) is 13.1 Å². The number of fused-ring (bicyclic) bond motifs is 1. The molecule has 0 bridgehead atoms. The summed E-state index contributed by atoms with van der Waals surface area (Å²) >= 11 is 0. The van der Waals surface area contributed by atoms with Crippen molar-refractivity contribution in [2.45, 2.75) is 25.4 Å². The highest BCUT2D eigenvalue weighted by Gasteiger charge is 2.33. The number of aromatic nitrogens is 2. The Morgan fingerprint density at radius 3 is 2.84 bits per heavy atom. The van der Waals surface area contributed by atoms with Gasteiger partial charge in [-0.1, -0.05) is 30.3 Å². The monoisotopic (exact) mass is 343 g/mol. The molecule has 0 unspecified atom stereocenters. The predicted molar refractivity (Wildman–Crippen MR) is 91.2 cm³/mol. The molecule has 0 radical (unpaired) electrons. The topological polar surface area (TPSA) is 41.1 Å². The molecule has 3 aromatic rings. The number of nitrogens with one attached hydrogen (secondary N) is 1. The van der Waals surface area contributed by atoms with Crippen LogP contribution in [0.25, 0.3) is 11.0 Å². The minimum atomic E-state index is -1.02. The highest BCUT2D eigenvalue weighted by atomic mass is 19.1. The highest BCUT2D eigenvalue weighted by Crippen LogP contribution is 2.21. The Morgan fingerprint density at radius 1 is 1.16 bits per heavy atom. The van der Waals surface area contributed by atoms with Crippen molar-refractivity contribution in [1.82, 2.24) is 14.9 Å². The number of halogens is 2. The zero-order chi connectivity index (χ0) is 17.2. The lowest BCUT2D eigenvalue weighted by Gasteiger charge is -2.15. The first kappa shape index (κ1) is 16.2. The first-order valence-corrected chi connectivity index (χ1v) is 8.33. The lowest BCUT2D eigenvalue weighted by Crippen LogP contribution is -2.24. The molecule has 0 spiro atoms. The molecule has 4 nitrogen and oxygen atoms in total. The fourth-order valence-electron chi connectivity index (χ4n) is 3.22. The molecule has 6 heteroatoms. The number of benzene rings is 2. The fourth-order valence-corrected chi connectivity index (χ4v) is 3.22. The summed E-state index contributed by atoms with van der Waals surface area (Å²) in [7, 11) is 0. The summed E-state index contributed by atoms with van der Waals surface area (Å²) in [6.45, 7) is 1.81. The van der Waals surface area contributed by atoms with E-state index in [4.69, 9.17) is 4.74 Å². The van der Waals surface area contributed by atoms with E-state index in [-0.39, 0.29) is 12.4 Å². The predicted octanol–water partition coefficient (Wildman–Crippen LogP) is 3.44. The largest absolute Gasteiger partial charge is 0.366 e. The normalized spacial score (nSPS) is 21.2. The van der Waals surface area contributed by atoms with Crippen LogP contribution in [0.5, 0.6) is 0 Å². The maximum Gasteiger partial charge on any atom is 0.140 e. The van der Waals surface area contributed by atoms with Crippen LogP contribution in [0.2, 0.25) is 0 Å². The van der Waals surface area contributed by atoms with Gasteiger partial charge in [0.15, 0.2) is 0 Å². The molecular formula is C19H19F2N3O. The average molecular weight is 343 g/mol. The Hall–Kier alpha value is -2.31. The van der Waals surface area contributed by atoms with Crippen LogP contribution < -0.4 is 0 Å². The lowest BCUT2D eigenvalue weighted by atomic mass is 10.2. The minimum absolute atomic E-state index is 0.181. The van der Waals surface area contributed by atoms with Crippen LogP contribution in [-0.2, 0) is 17.9 Å². The number of hydrogen-bond acceptors (Lipinski definition) is 3. The van der Waals surface area contributed by atoms with E-state index in [2.05, 4.69) is 14.9 Å². The maximum atomic E-state index is 14.3. The second-order valence-electron chi connectivity index (χ2n) is 6.39. The molecule has 0 aliphatic carbocycles. The van der Waals surface area contributed by atoms with E-state index >= 15 is 0 Å². The van der Waals surface area contributed by atoms with Crippen LogP contribution >= 0.6 is 0 Å². The molecular weight excluding hydrogens is 324 g/mol. The zero-order valence-electron chi connectivity index (χ0n) is 13.7. The molecule has 2 aromatic carbocycles. The van der Waals surface area contributed by atoms with Crippen LogP contribution in [0.4, 0.5) is 8.78 Å². The Bertz CT molecular complexity index is 852. The smallest absolute Gasteiger partial charge is 0.140 e. The summed E-state index contributed by atoms with van der Waals surface area (Å²) in [5.41, 5.74) is 2.45. The maximum absolute atomic E-state index is 14.3. The van der Waals surface area contributed by atoms with Crippen molar-refractivity contribution >= 4 is 11.0 Å². The standard InChI is InChI=1S/C19H19F2N3O/c20-14-6-7-16-17(8-14)23-19(22-16)12-25-18-11-24(10-15(18)21)9-13-4-2-1-3-5-13/h1-8,15,18H,9-12H2,(H,22,23)/t15-,18+/m1/s1. The van der Waals surface area contributed by atoms with Gasteiger partial charge in [-0.25, -0.2) is 13.8 Å². The van der Waals surface area contributed by atoms with Gasteiger partial charge in [0, 0.05) is 19.6 Å². The Balaban J connectivity index is 1.35. The molecule has 0 amide bonds. The number of likely N-dealkylation sites (tertiary alicyclic amines) is 1. The van der Waals surface area contributed by atoms with E-state index < -0.39 is 12.3 Å². The molecule has 1 aliphatic heterocycles. The van der Waals surface area contributed by atoms with Gasteiger partial charge >= 0.3 is 0 Å². The SMILES string of the molecule is Fc1ccc2nc(CO[C@H]3CN(Cc4ccccc4)C[C@H]3F)[nH]c2c1. The van der Waals surface area contributed by atoms with Gasteiger partial charge in [0.05, 0.1) is 11.0 Å². The van der Waals surface area contributed by atoms with E-state index in [0.717, 1.165) is 5.56 Å². The van der Waals surface area contributed by atoms with Crippen LogP contribution in [0, 0.1) is 5.82 Å². The Labute approximate surface area is 144 Å². The second kappa shape index (κ2) is 6.90. The van der Waals surface area contributed by atoms with E-state index in [0.29, 0.717) is 36.5 Å². The molecule has 130 valence electrons. The van der Waals surface area contributed by atoms with E-state index in [1.807, 2.05) is 30.3 Å². The third kappa shape index (κ3) is 3.70. The Kier molecular flexibility index (Phi) is 4.46. The van der Waals surface area contributed by atoms with Gasteiger partial charge < -0.3 is 9.72 Å². The molecule has 1 aliphatic rings. The summed E-state index contributed by atoms with van der Waals surface area (Å²) in [6, 6.07) is 14.4. The van der Waals surface area contributed by atoms with Crippen LogP contribution in [-0.4, -0.2) is 40.2 Å². The zero-order valence-corrected chi connectivity index (χ0v) is 13.7. The average Bonchev–Trinajstić information content (AvgIpc) is 3.16. The fraction of sp³-hybridized carbons (Fsp3) is 0.316. The van der Waals surface area contributed by atoms with Crippen molar-refractivity contribution in [1.29, 1.82) is 0 Å². The first-order chi connectivity index (χ1) is 12.2. The van der Waals surface area contributed by atoms with E-state index in [1.54, 1.807) is 6.07 Å². The molecule has 2 heterocycles. The van der Waals surface area contributed by atoms with Gasteiger partial charge in [-0.2, -0.15) is 0 Å². The third-order valence-electron chi connectivity index (χ3n) is 4.45. The molecule has 1 fully saturated rings. The van der Waals surface area contributed by atoms with Gasteiger partial charge in [0.1, 0.15) is 30.5 Å². The molecule has 2 atom stereocenters. The summed E-state index contributed by atoms with van der Waals surface area (Å²) in [4.78, 5) is 9.41. The van der Waals surface area contributed by atoms with Gasteiger partial charge in [-0.05, 0) is 23.8 Å². The molecule has 25 heavy (non-hydrogen) atoms. The van der Waals surface area contributed by atoms with Crippen LogP contribution in [0.3, 0.4) is 0 Å². The van der Waals surface area contributed by atoms with E-state index in [1.165, 1.54) is 12.1 Å². The number of alkyl halides is 1. The van der Waals surface area contributed by atoms with E-state index in [9.17, 15) is 8.78 Å². The number of imidazole rings is 1. The molecule has 4 rings (SSSR count). The summed E-state index contributed by atoms with van der Waals surface area (Å²) in [5, 5.41) is 0. The van der Waals surface area contributed by atoms with Gasteiger partial charge in [0.25, 0.3) is 0 Å². The second-order valence-corrected chi connectivity index (χ2v) is 6.39. The number of nitrogens with zero attached hydrogens (tertiary/aromatic N) is 2. The summed E-state index contributed by atoms with van der Waals surface area (Å²) in [5.74, 6) is 0.258. The van der Waals surface area contributed by atoms with Crippen molar-refractivity contribution in [3.63, 3.8) is 0 Å². The van der Waals surface area contributed by atoms with Crippen molar-refractivity contribution in [3.8, 4) is 0 Å². The van der Waals surface area contributed by atoms with Gasteiger partial charge in [-0.3, -0.25) is 4.90 Å². The van der Waals surface area contributed by atoms with Crippen molar-refractivity contribution < 1.29 is 13.5 Å². The van der Waals surface area contributed by atoms with Gasteiger partial charge in [-0.15, -0.1) is 0 Å². The van der Waals surface area contributed by atoms with Crippen LogP contribution in [0.1, 0.15) is 11.4 Å². The summed E-state index contributed by atoms with van der Waals surface area (Å²) < 4.78 is 33.2. The molecule has 1 N–H and O–H groups in total. The number of H-pyrrole nitrogens is 1. The molecule has 1 saturated heterocycles. The highest BCUT2D eigenvalue weighted by molar-refractivity contribution is 5.74. The molecule has 0 saturated carbocycles. The van der Waals surface area contributed by atoms with Gasteiger partial charge in [0.2, 0.25) is 0 Å². The first-order valence-electron chi connectivity index (χ1n) is 8.33. The van der Waals surface area contributed by atoms with Crippen molar-refractivity contribution in [2.24, 2.45) is 0 Å². The van der Waals surface area contributed by atoms with Crippen molar-refractivity contribution in [3.05, 3.63) is 65.7 Å². The van der Waals surface area contributed by atoms with Crippen LogP contribution in [0.15, 0.2) is 48.5 Å². The quantitative estimate of drug-likeness (QED) is 0.772. The number of ether oxygens (including phenoxy) is 1. The number of rotatable bonds is 5.